The van der Waals surface area contributed by atoms with E-state index in [1.807, 2.05) is 24.3 Å². The van der Waals surface area contributed by atoms with Gasteiger partial charge < -0.3 is 4.74 Å². The smallest absolute Gasteiger partial charge is 0.194 e. The molecule has 0 saturated carbocycles. The first kappa shape index (κ1) is 15.6. The predicted octanol–water partition coefficient (Wildman–Crippen LogP) is 5.43. The molecule has 0 amide bonds. The average molecular weight is 327 g/mol. The molecule has 1 aliphatic heterocycles. The van der Waals surface area contributed by atoms with Crippen LogP contribution in [-0.2, 0) is 5.54 Å². The molecule has 0 fully saturated rings. The Hall–Kier alpha value is -2.87. The Bertz CT molecular complexity index is 858. The van der Waals surface area contributed by atoms with Crippen LogP contribution >= 0.6 is 0 Å². The third-order valence-electron chi connectivity index (χ3n) is 4.65. The number of rotatable bonds is 3. The molecule has 0 aromatic heterocycles. The van der Waals surface area contributed by atoms with Gasteiger partial charge in [0.15, 0.2) is 5.90 Å². The lowest BCUT2D eigenvalue weighted by atomic mass is 9.76. The van der Waals surface area contributed by atoms with Crippen LogP contribution in [0.4, 0.5) is 0 Å². The standard InChI is InChI=1S/C23H21NO/c1-17(2)22-24-23(18-11-5-3-6-12-18,19-13-7-4-8-14-19)20-15-9-10-16-21(20)25-22/h3-17H,1-2H3. The van der Waals surface area contributed by atoms with E-state index in [0.717, 1.165) is 28.3 Å². The largest absolute Gasteiger partial charge is 0.443 e. The van der Waals surface area contributed by atoms with Crippen molar-refractivity contribution in [1.82, 2.24) is 0 Å². The Labute approximate surface area is 148 Å². The second kappa shape index (κ2) is 6.21. The SMILES string of the molecule is CC(C)C1=NC(c2ccccc2)(c2ccccc2)c2ccccc2O1. The van der Waals surface area contributed by atoms with Crippen molar-refractivity contribution >= 4 is 5.90 Å². The Balaban J connectivity index is 2.10. The summed E-state index contributed by atoms with van der Waals surface area (Å²) < 4.78 is 6.14. The zero-order valence-corrected chi connectivity index (χ0v) is 14.5. The van der Waals surface area contributed by atoms with Crippen molar-refractivity contribution in [3.05, 3.63) is 102 Å². The van der Waals surface area contributed by atoms with Gasteiger partial charge in [-0.15, -0.1) is 0 Å². The van der Waals surface area contributed by atoms with Crippen LogP contribution in [0.5, 0.6) is 5.75 Å². The topological polar surface area (TPSA) is 21.6 Å². The minimum atomic E-state index is -0.586. The molecule has 0 bridgehead atoms. The Morgan fingerprint density at radius 1 is 0.720 bits per heavy atom. The van der Waals surface area contributed by atoms with Gasteiger partial charge in [-0.1, -0.05) is 92.7 Å². The summed E-state index contributed by atoms with van der Waals surface area (Å²) >= 11 is 0. The van der Waals surface area contributed by atoms with E-state index < -0.39 is 5.54 Å². The molecule has 2 heteroatoms. The van der Waals surface area contributed by atoms with Gasteiger partial charge in [0.2, 0.25) is 0 Å². The van der Waals surface area contributed by atoms with E-state index in [1.54, 1.807) is 0 Å². The van der Waals surface area contributed by atoms with Crippen molar-refractivity contribution in [3.63, 3.8) is 0 Å². The fourth-order valence-corrected chi connectivity index (χ4v) is 3.43. The third-order valence-corrected chi connectivity index (χ3v) is 4.65. The lowest BCUT2D eigenvalue weighted by Crippen LogP contribution is -2.35. The normalized spacial score (nSPS) is 15.2. The summed E-state index contributed by atoms with van der Waals surface area (Å²) in [6.45, 7) is 4.24. The molecule has 0 radical (unpaired) electrons. The lowest BCUT2D eigenvalue weighted by Gasteiger charge is -2.37. The van der Waals surface area contributed by atoms with Crippen LogP contribution in [-0.4, -0.2) is 5.90 Å². The molecule has 3 aromatic carbocycles. The number of nitrogens with zero attached hydrogens (tertiary/aromatic N) is 1. The van der Waals surface area contributed by atoms with Gasteiger partial charge >= 0.3 is 0 Å². The molecule has 0 spiro atoms. The van der Waals surface area contributed by atoms with E-state index in [4.69, 9.17) is 9.73 Å². The molecule has 1 aliphatic rings. The van der Waals surface area contributed by atoms with Gasteiger partial charge in [-0.25, -0.2) is 4.99 Å². The molecule has 0 saturated heterocycles. The van der Waals surface area contributed by atoms with E-state index in [1.165, 1.54) is 0 Å². The minimum absolute atomic E-state index is 0.208. The van der Waals surface area contributed by atoms with Crippen LogP contribution in [0.2, 0.25) is 0 Å². The average Bonchev–Trinajstić information content (AvgIpc) is 2.68. The first-order chi connectivity index (χ1) is 12.2. The first-order valence-corrected chi connectivity index (χ1v) is 8.70. The van der Waals surface area contributed by atoms with Gasteiger partial charge in [-0.05, 0) is 17.2 Å². The molecule has 2 nitrogen and oxygen atoms in total. The highest BCUT2D eigenvalue weighted by Crippen LogP contribution is 2.47. The highest BCUT2D eigenvalue weighted by molar-refractivity contribution is 5.84. The van der Waals surface area contributed by atoms with Gasteiger partial charge in [0.05, 0.1) is 0 Å². The van der Waals surface area contributed by atoms with Crippen LogP contribution in [0.15, 0.2) is 89.9 Å². The van der Waals surface area contributed by atoms with Crippen LogP contribution in [0.1, 0.15) is 30.5 Å². The van der Waals surface area contributed by atoms with Crippen molar-refractivity contribution in [1.29, 1.82) is 0 Å². The van der Waals surface area contributed by atoms with Crippen molar-refractivity contribution in [3.8, 4) is 5.75 Å². The van der Waals surface area contributed by atoms with Gasteiger partial charge in [0, 0.05) is 11.5 Å². The molecular weight excluding hydrogens is 306 g/mol. The van der Waals surface area contributed by atoms with Crippen molar-refractivity contribution in [2.75, 3.05) is 0 Å². The number of benzene rings is 3. The molecule has 0 unspecified atom stereocenters. The predicted molar refractivity (Wildman–Crippen MR) is 102 cm³/mol. The van der Waals surface area contributed by atoms with E-state index in [2.05, 4.69) is 74.5 Å². The van der Waals surface area contributed by atoms with Crippen molar-refractivity contribution in [2.45, 2.75) is 19.4 Å². The summed E-state index contributed by atoms with van der Waals surface area (Å²) in [5, 5.41) is 0. The van der Waals surface area contributed by atoms with Crippen LogP contribution in [0.3, 0.4) is 0 Å². The monoisotopic (exact) mass is 327 g/mol. The minimum Gasteiger partial charge on any atom is -0.443 e. The Kier molecular flexibility index (Phi) is 3.89. The van der Waals surface area contributed by atoms with Gasteiger partial charge in [-0.2, -0.15) is 0 Å². The second-order valence-electron chi connectivity index (χ2n) is 6.65. The number of hydrogen-bond acceptors (Lipinski definition) is 2. The fourth-order valence-electron chi connectivity index (χ4n) is 3.43. The number of para-hydroxylation sites is 1. The van der Waals surface area contributed by atoms with E-state index in [9.17, 15) is 0 Å². The van der Waals surface area contributed by atoms with Gasteiger partial charge in [-0.3, -0.25) is 0 Å². The maximum atomic E-state index is 6.14. The number of hydrogen-bond donors (Lipinski definition) is 0. The molecule has 3 aromatic rings. The highest BCUT2D eigenvalue weighted by Gasteiger charge is 2.42. The maximum absolute atomic E-state index is 6.14. The summed E-state index contributed by atoms with van der Waals surface area (Å²) in [4.78, 5) is 5.19. The Morgan fingerprint density at radius 2 is 1.24 bits per heavy atom. The molecule has 0 N–H and O–H groups in total. The van der Waals surface area contributed by atoms with Crippen molar-refractivity contribution in [2.24, 2.45) is 10.9 Å². The zero-order valence-electron chi connectivity index (χ0n) is 14.5. The summed E-state index contributed by atoms with van der Waals surface area (Å²) in [5.41, 5.74) is 2.79. The van der Waals surface area contributed by atoms with Crippen LogP contribution in [0.25, 0.3) is 0 Å². The highest BCUT2D eigenvalue weighted by atomic mass is 16.5. The van der Waals surface area contributed by atoms with E-state index in [0.29, 0.717) is 0 Å². The summed E-state index contributed by atoms with van der Waals surface area (Å²) in [5.74, 6) is 1.86. The first-order valence-electron chi connectivity index (χ1n) is 8.70. The van der Waals surface area contributed by atoms with Crippen LogP contribution in [0, 0.1) is 5.92 Å². The molecule has 0 atom stereocenters. The molecule has 1 heterocycles. The number of fused-ring (bicyclic) bond motifs is 1. The molecule has 124 valence electrons. The fraction of sp³-hybridized carbons (Fsp3) is 0.174. The third kappa shape index (κ3) is 2.54. The summed E-state index contributed by atoms with van der Waals surface area (Å²) in [6, 6.07) is 29.2. The molecule has 4 rings (SSSR count). The second-order valence-corrected chi connectivity index (χ2v) is 6.65. The Morgan fingerprint density at radius 3 is 1.80 bits per heavy atom. The summed E-state index contributed by atoms with van der Waals surface area (Å²) in [6.07, 6.45) is 0. The number of aliphatic imine (C=N–C) groups is 1. The van der Waals surface area contributed by atoms with Gasteiger partial charge in [0.25, 0.3) is 0 Å². The van der Waals surface area contributed by atoms with Crippen LogP contribution < -0.4 is 4.74 Å². The zero-order chi connectivity index (χ0) is 17.3. The summed E-state index contributed by atoms with van der Waals surface area (Å²) in [7, 11) is 0. The lowest BCUT2D eigenvalue weighted by molar-refractivity contribution is 0.442. The van der Waals surface area contributed by atoms with Gasteiger partial charge in [0.1, 0.15) is 11.3 Å². The molecule has 25 heavy (non-hydrogen) atoms. The quantitative estimate of drug-likeness (QED) is 0.629. The number of ether oxygens (including phenoxy) is 1. The van der Waals surface area contributed by atoms with E-state index >= 15 is 0 Å². The maximum Gasteiger partial charge on any atom is 0.194 e. The molecular formula is C23H21NO. The molecule has 0 aliphatic carbocycles. The van der Waals surface area contributed by atoms with E-state index in [-0.39, 0.29) is 5.92 Å². The van der Waals surface area contributed by atoms with Crippen molar-refractivity contribution < 1.29 is 4.74 Å².